The maximum absolute atomic E-state index is 9.65. The van der Waals surface area contributed by atoms with Crippen LogP contribution in [0.2, 0.25) is 0 Å². The third-order valence-electron chi connectivity index (χ3n) is 0.231. The van der Waals surface area contributed by atoms with Crippen molar-refractivity contribution in [1.82, 2.24) is 0 Å². The van der Waals surface area contributed by atoms with E-state index in [-0.39, 0.29) is 29.6 Å². The van der Waals surface area contributed by atoms with Crippen molar-refractivity contribution in [1.29, 1.82) is 0 Å². The number of hydrogen-bond acceptors (Lipinski definition) is 4. The van der Waals surface area contributed by atoms with Crippen molar-refractivity contribution >= 4 is 47.8 Å². The quantitative estimate of drug-likeness (QED) is 0.274. The predicted octanol–water partition coefficient (Wildman–Crippen LogP) is -0.199. The Balaban J connectivity index is -0.000000142. The van der Waals surface area contributed by atoms with Crippen LogP contribution in [0.5, 0.6) is 0 Å². The van der Waals surface area contributed by atoms with Gasteiger partial charge in [0, 0.05) is 6.92 Å². The van der Waals surface area contributed by atoms with Crippen molar-refractivity contribution < 1.29 is 34.4 Å². The zero-order chi connectivity index (χ0) is 9.44. The summed E-state index contributed by atoms with van der Waals surface area (Å²) in [5.41, 5.74) is 0. The number of rotatable bonds is 0. The summed E-state index contributed by atoms with van der Waals surface area (Å²) in [6, 6.07) is 0. The summed E-state index contributed by atoms with van der Waals surface area (Å²) in [7, 11) is 0. The molecule has 0 aromatic rings. The number of ether oxygens (including phenoxy) is 1. The van der Waals surface area contributed by atoms with E-state index in [2.05, 4.69) is 4.74 Å². The Hall–Kier alpha value is -0.790. The Morgan fingerprint density at radius 3 is 1.33 bits per heavy atom. The van der Waals surface area contributed by atoms with Gasteiger partial charge in [0.2, 0.25) is 0 Å². The normalized spacial score (nSPS) is 6.42. The molecule has 66 valence electrons. The van der Waals surface area contributed by atoms with Crippen LogP contribution in [0.3, 0.4) is 0 Å². The van der Waals surface area contributed by atoms with Crippen LogP contribution in [-0.4, -0.2) is 63.2 Å². The van der Waals surface area contributed by atoms with Crippen LogP contribution in [-0.2, 0) is 9.53 Å². The molecule has 7 nitrogen and oxygen atoms in total. The van der Waals surface area contributed by atoms with Crippen LogP contribution in [0.15, 0.2) is 0 Å². The Bertz CT molecular complexity index is 149. The first-order chi connectivity index (χ1) is 4.86. The molecule has 0 aromatic heterocycles. The molecule has 0 saturated heterocycles. The fraction of sp³-hybridized carbons (Fsp3) is 0.250. The predicted molar refractivity (Wildman–Crippen MR) is 37.6 cm³/mol. The molecule has 8 heteroatoms. The van der Waals surface area contributed by atoms with Crippen molar-refractivity contribution in [2.24, 2.45) is 0 Å². The van der Waals surface area contributed by atoms with Gasteiger partial charge < -0.3 is 20.1 Å². The molecule has 0 atom stereocenters. The zero-order valence-electron chi connectivity index (χ0n) is 5.47. The van der Waals surface area contributed by atoms with Gasteiger partial charge in [-0.3, -0.25) is 4.79 Å². The van der Waals surface area contributed by atoms with Gasteiger partial charge in [-0.05, 0) is 0 Å². The van der Waals surface area contributed by atoms with Gasteiger partial charge in [-0.25, -0.2) is 9.59 Å². The van der Waals surface area contributed by atoms with E-state index in [4.69, 9.17) is 20.1 Å². The second-order valence-corrected chi connectivity index (χ2v) is 1.14. The van der Waals surface area contributed by atoms with E-state index in [1.54, 1.807) is 0 Å². The summed E-state index contributed by atoms with van der Waals surface area (Å²) in [6.45, 7) is 1.02. The summed E-state index contributed by atoms with van der Waals surface area (Å²) in [4.78, 5) is 27.6. The van der Waals surface area contributed by atoms with Gasteiger partial charge >= 0.3 is 47.8 Å². The number of esters is 1. The van der Waals surface area contributed by atoms with Crippen molar-refractivity contribution in [3.8, 4) is 0 Å². The van der Waals surface area contributed by atoms with Crippen molar-refractivity contribution in [3.63, 3.8) is 0 Å². The minimum absolute atomic E-state index is 0. The van der Waals surface area contributed by atoms with Crippen LogP contribution < -0.4 is 0 Å². The first kappa shape index (κ1) is 17.3. The van der Waals surface area contributed by atoms with Gasteiger partial charge in [0.25, 0.3) is 0 Å². The molecule has 0 aromatic carbocycles. The first-order valence-electron chi connectivity index (χ1n) is 2.19. The molecule has 0 spiro atoms. The molecule has 0 rings (SSSR count). The third-order valence-corrected chi connectivity index (χ3v) is 0.231. The maximum atomic E-state index is 9.65. The van der Waals surface area contributed by atoms with Gasteiger partial charge in [-0.15, -0.1) is 0 Å². The van der Waals surface area contributed by atoms with Crippen LogP contribution in [0.1, 0.15) is 6.92 Å². The standard InChI is InChI=1S/C3H4O4.CH2O3.Na.H/c1-2(4)7-3(5)6;2-1(3)4;;/h1H3,(H,5,6);(H2,2,3,4);;. The van der Waals surface area contributed by atoms with E-state index in [1.807, 2.05) is 0 Å². The van der Waals surface area contributed by atoms with E-state index in [9.17, 15) is 9.59 Å². The molecule has 0 saturated carbocycles. The fourth-order valence-corrected chi connectivity index (χ4v) is 0.123. The topological polar surface area (TPSA) is 121 Å². The molecule has 0 unspecified atom stereocenters. The molecular weight excluding hydrogens is 183 g/mol. The second kappa shape index (κ2) is 10.2. The van der Waals surface area contributed by atoms with E-state index in [0.717, 1.165) is 6.92 Å². The molecule has 0 fully saturated rings. The third kappa shape index (κ3) is 60.2. The van der Waals surface area contributed by atoms with Gasteiger partial charge in [0.05, 0.1) is 0 Å². The van der Waals surface area contributed by atoms with Gasteiger partial charge in [-0.2, -0.15) is 0 Å². The van der Waals surface area contributed by atoms with Gasteiger partial charge in [-0.1, -0.05) is 0 Å². The number of carbonyl (C=O) groups is 3. The van der Waals surface area contributed by atoms with Crippen molar-refractivity contribution in [3.05, 3.63) is 0 Å². The summed E-state index contributed by atoms with van der Waals surface area (Å²) >= 11 is 0. The average Bonchev–Trinajstić information content (AvgIpc) is 1.56. The first-order valence-corrected chi connectivity index (χ1v) is 2.19. The molecule has 0 aliphatic rings. The van der Waals surface area contributed by atoms with Gasteiger partial charge in [0.15, 0.2) is 0 Å². The average molecular weight is 190 g/mol. The molecule has 0 bridgehead atoms. The number of carboxylic acid groups (broad SMARTS) is 3. The van der Waals surface area contributed by atoms with E-state index < -0.39 is 18.3 Å². The molecule has 0 heterocycles. The fourth-order valence-electron chi connectivity index (χ4n) is 0.123. The molecule has 3 N–H and O–H groups in total. The van der Waals surface area contributed by atoms with Crippen LogP contribution >= 0.6 is 0 Å². The molecule has 0 aliphatic carbocycles. The molecular formula is C4H7NaO7. The number of carbonyl (C=O) groups excluding carboxylic acids is 1. The van der Waals surface area contributed by atoms with Crippen molar-refractivity contribution in [2.75, 3.05) is 0 Å². The minimum atomic E-state index is -1.83. The van der Waals surface area contributed by atoms with E-state index >= 15 is 0 Å². The summed E-state index contributed by atoms with van der Waals surface area (Å²) in [5.74, 6) is -0.812. The number of hydrogen-bond donors (Lipinski definition) is 3. The van der Waals surface area contributed by atoms with E-state index in [0.29, 0.717) is 0 Å². The second-order valence-electron chi connectivity index (χ2n) is 1.14. The van der Waals surface area contributed by atoms with E-state index in [1.165, 1.54) is 0 Å². The zero-order valence-corrected chi connectivity index (χ0v) is 5.47. The SMILES string of the molecule is CC(=O)OC(=O)O.O=C(O)O.[NaH]. The Labute approximate surface area is 89.2 Å². The molecule has 0 aliphatic heterocycles. The molecule has 0 amide bonds. The molecule has 0 radical (unpaired) electrons. The van der Waals surface area contributed by atoms with Gasteiger partial charge in [0.1, 0.15) is 0 Å². The Morgan fingerprint density at radius 2 is 1.33 bits per heavy atom. The summed E-state index contributed by atoms with van der Waals surface area (Å²) < 4.78 is 3.53. The summed E-state index contributed by atoms with van der Waals surface area (Å²) in [6.07, 6.45) is -3.40. The monoisotopic (exact) mass is 190 g/mol. The van der Waals surface area contributed by atoms with Crippen molar-refractivity contribution in [2.45, 2.75) is 6.92 Å². The van der Waals surface area contributed by atoms with Crippen LogP contribution in [0.4, 0.5) is 9.59 Å². The summed E-state index contributed by atoms with van der Waals surface area (Å²) in [5, 5.41) is 21.6. The van der Waals surface area contributed by atoms with Crippen LogP contribution in [0.25, 0.3) is 0 Å². The van der Waals surface area contributed by atoms with Crippen LogP contribution in [0, 0.1) is 0 Å². The Morgan fingerprint density at radius 1 is 1.08 bits per heavy atom. The molecule has 12 heavy (non-hydrogen) atoms. The Kier molecular flexibility index (Phi) is 14.8.